The number of guanidine groups is 1. The molecule has 0 spiro atoms. The summed E-state index contributed by atoms with van der Waals surface area (Å²) in [5.74, 6) is 0.609. The Kier molecular flexibility index (Phi) is 10.0. The van der Waals surface area contributed by atoms with Crippen LogP contribution in [0, 0.1) is 0 Å². The summed E-state index contributed by atoms with van der Waals surface area (Å²) in [6, 6.07) is 7.65. The van der Waals surface area contributed by atoms with Crippen molar-refractivity contribution in [3.8, 4) is 0 Å². The zero-order chi connectivity index (χ0) is 16.3. The lowest BCUT2D eigenvalue weighted by molar-refractivity contribution is 0.0954. The van der Waals surface area contributed by atoms with Gasteiger partial charge in [0.15, 0.2) is 5.96 Å². The van der Waals surface area contributed by atoms with E-state index in [9.17, 15) is 4.79 Å². The lowest BCUT2D eigenvalue weighted by atomic mass is 10.3. The Morgan fingerprint density at radius 2 is 1.96 bits per heavy atom. The molecule has 0 unspecified atom stereocenters. The maximum Gasteiger partial charge on any atom is 0.252 e. The van der Waals surface area contributed by atoms with Crippen molar-refractivity contribution in [1.29, 1.82) is 0 Å². The number of nitrogens with one attached hydrogen (secondary N) is 3. The number of hydrogen-bond acceptors (Lipinski definition) is 4. The van der Waals surface area contributed by atoms with Gasteiger partial charge in [-0.15, -0.1) is 35.3 Å². The van der Waals surface area contributed by atoms with Crippen LogP contribution in [-0.2, 0) is 6.42 Å². The number of carbonyl (C=O) groups excluding carboxylic acids is 1. The summed E-state index contributed by atoms with van der Waals surface area (Å²) < 4.78 is 0. The molecule has 0 atom stereocenters. The molecule has 0 aliphatic carbocycles. The number of amides is 1. The summed E-state index contributed by atoms with van der Waals surface area (Å²) in [4.78, 5) is 21.3. The van der Waals surface area contributed by atoms with Gasteiger partial charge >= 0.3 is 0 Å². The number of carbonyl (C=O) groups is 1. The van der Waals surface area contributed by atoms with Gasteiger partial charge in [-0.05, 0) is 30.0 Å². The first-order valence-corrected chi connectivity index (χ1v) is 8.32. The summed E-state index contributed by atoms with van der Waals surface area (Å²) in [6.07, 6.45) is 4.16. The molecule has 0 aliphatic heterocycles. The highest BCUT2D eigenvalue weighted by Gasteiger charge is 2.04. The van der Waals surface area contributed by atoms with Gasteiger partial charge in [0.25, 0.3) is 5.91 Å². The molecule has 2 heterocycles. The van der Waals surface area contributed by atoms with E-state index in [2.05, 4.69) is 43.4 Å². The van der Waals surface area contributed by atoms with Crippen molar-refractivity contribution in [2.45, 2.75) is 6.42 Å². The molecular formula is C16H22IN5OS. The fourth-order valence-corrected chi connectivity index (χ4v) is 2.64. The molecule has 0 bridgehead atoms. The standard InChI is InChI=1S/C16H21N5OS.HI/c1-17-16(20-8-6-14-5-3-11-23-14)21-10-9-19-15(22)13-4-2-7-18-12-13;/h2-5,7,11-12H,6,8-10H2,1H3,(H,19,22)(H2,17,20,21);1H. The van der Waals surface area contributed by atoms with Crippen LogP contribution in [0.25, 0.3) is 0 Å². The molecule has 0 aromatic carbocycles. The molecule has 3 N–H and O–H groups in total. The first-order valence-electron chi connectivity index (χ1n) is 7.44. The Bertz CT molecular complexity index is 619. The van der Waals surface area contributed by atoms with Gasteiger partial charge in [0.05, 0.1) is 5.56 Å². The number of nitrogens with zero attached hydrogens (tertiary/aromatic N) is 2. The first-order chi connectivity index (χ1) is 11.3. The Hall–Kier alpha value is -1.68. The van der Waals surface area contributed by atoms with Gasteiger partial charge < -0.3 is 16.0 Å². The minimum atomic E-state index is -0.124. The fourth-order valence-electron chi connectivity index (χ4n) is 1.94. The van der Waals surface area contributed by atoms with Crippen molar-refractivity contribution < 1.29 is 4.79 Å². The van der Waals surface area contributed by atoms with Crippen LogP contribution in [0.1, 0.15) is 15.2 Å². The lowest BCUT2D eigenvalue weighted by Gasteiger charge is -2.12. The van der Waals surface area contributed by atoms with Gasteiger partial charge in [0.1, 0.15) is 0 Å². The predicted octanol–water partition coefficient (Wildman–Crippen LogP) is 1.90. The molecule has 130 valence electrons. The SMILES string of the molecule is CN=C(NCCNC(=O)c1cccnc1)NCCc1cccs1.I. The normalized spacial score (nSPS) is 10.6. The van der Waals surface area contributed by atoms with Gasteiger partial charge in [-0.2, -0.15) is 0 Å². The first kappa shape index (κ1) is 20.4. The van der Waals surface area contributed by atoms with Crippen LogP contribution in [0.3, 0.4) is 0 Å². The molecule has 1 amide bonds. The van der Waals surface area contributed by atoms with Gasteiger partial charge in [-0.1, -0.05) is 6.07 Å². The fraction of sp³-hybridized carbons (Fsp3) is 0.312. The average Bonchev–Trinajstić information content (AvgIpc) is 3.11. The van der Waals surface area contributed by atoms with E-state index in [1.807, 2.05) is 0 Å². The maximum atomic E-state index is 11.8. The second-order valence-electron chi connectivity index (χ2n) is 4.75. The summed E-state index contributed by atoms with van der Waals surface area (Å²) in [5, 5.41) is 11.3. The van der Waals surface area contributed by atoms with E-state index in [1.54, 1.807) is 42.9 Å². The number of thiophene rings is 1. The van der Waals surface area contributed by atoms with Gasteiger partial charge in [-0.3, -0.25) is 14.8 Å². The van der Waals surface area contributed by atoms with Crippen LogP contribution in [0.2, 0.25) is 0 Å². The smallest absolute Gasteiger partial charge is 0.252 e. The quantitative estimate of drug-likeness (QED) is 0.256. The Balaban J connectivity index is 0.00000288. The summed E-state index contributed by atoms with van der Waals surface area (Å²) in [7, 11) is 1.73. The molecule has 2 aromatic rings. The number of pyridine rings is 1. The molecule has 8 heteroatoms. The number of halogens is 1. The van der Waals surface area contributed by atoms with Gasteiger partial charge in [-0.25, -0.2) is 0 Å². The third kappa shape index (κ3) is 7.26. The average molecular weight is 459 g/mol. The molecule has 0 aliphatic rings. The molecule has 24 heavy (non-hydrogen) atoms. The minimum absolute atomic E-state index is 0. The molecule has 0 saturated heterocycles. The van der Waals surface area contributed by atoms with Crippen molar-refractivity contribution >= 4 is 47.2 Å². The van der Waals surface area contributed by atoms with Gasteiger partial charge in [0, 0.05) is 44.0 Å². The van der Waals surface area contributed by atoms with Crippen LogP contribution in [-0.4, -0.2) is 43.5 Å². The number of hydrogen-bond donors (Lipinski definition) is 3. The Morgan fingerprint density at radius 3 is 2.62 bits per heavy atom. The highest BCUT2D eigenvalue weighted by Crippen LogP contribution is 2.07. The Labute approximate surface area is 163 Å². The van der Waals surface area contributed by atoms with Crippen molar-refractivity contribution in [2.75, 3.05) is 26.7 Å². The van der Waals surface area contributed by atoms with Crippen molar-refractivity contribution in [1.82, 2.24) is 20.9 Å². The minimum Gasteiger partial charge on any atom is -0.356 e. The Morgan fingerprint density at radius 1 is 1.17 bits per heavy atom. The molecule has 2 aromatic heterocycles. The molecule has 0 fully saturated rings. The second-order valence-corrected chi connectivity index (χ2v) is 5.78. The van der Waals surface area contributed by atoms with Crippen molar-refractivity contribution in [3.63, 3.8) is 0 Å². The molecule has 0 saturated carbocycles. The molecule has 6 nitrogen and oxygen atoms in total. The molecular weight excluding hydrogens is 437 g/mol. The second kappa shape index (κ2) is 11.8. The van der Waals surface area contributed by atoms with Crippen LogP contribution >= 0.6 is 35.3 Å². The summed E-state index contributed by atoms with van der Waals surface area (Å²) >= 11 is 1.75. The molecule has 2 rings (SSSR count). The van der Waals surface area contributed by atoms with E-state index in [0.29, 0.717) is 18.7 Å². The van der Waals surface area contributed by atoms with Crippen molar-refractivity contribution in [2.24, 2.45) is 4.99 Å². The van der Waals surface area contributed by atoms with Crippen LogP contribution in [0.5, 0.6) is 0 Å². The zero-order valence-electron chi connectivity index (χ0n) is 13.5. The monoisotopic (exact) mass is 459 g/mol. The zero-order valence-corrected chi connectivity index (χ0v) is 16.6. The largest absolute Gasteiger partial charge is 0.356 e. The van der Waals surface area contributed by atoms with Gasteiger partial charge in [0.2, 0.25) is 0 Å². The highest BCUT2D eigenvalue weighted by atomic mass is 127. The summed E-state index contributed by atoms with van der Waals surface area (Å²) in [6.45, 7) is 1.94. The highest BCUT2D eigenvalue weighted by molar-refractivity contribution is 14.0. The van der Waals surface area contributed by atoms with E-state index < -0.39 is 0 Å². The van der Waals surface area contributed by atoms with Crippen molar-refractivity contribution in [3.05, 3.63) is 52.5 Å². The van der Waals surface area contributed by atoms with E-state index in [-0.39, 0.29) is 29.9 Å². The van der Waals surface area contributed by atoms with Crippen LogP contribution in [0.4, 0.5) is 0 Å². The van der Waals surface area contributed by atoms with E-state index in [4.69, 9.17) is 0 Å². The molecule has 0 radical (unpaired) electrons. The third-order valence-electron chi connectivity index (χ3n) is 3.09. The predicted molar refractivity (Wildman–Crippen MR) is 109 cm³/mol. The van der Waals surface area contributed by atoms with E-state index >= 15 is 0 Å². The maximum absolute atomic E-state index is 11.8. The van der Waals surface area contributed by atoms with Crippen LogP contribution < -0.4 is 16.0 Å². The number of rotatable bonds is 7. The third-order valence-corrected chi connectivity index (χ3v) is 4.03. The lowest BCUT2D eigenvalue weighted by Crippen LogP contribution is -2.42. The number of aromatic nitrogens is 1. The summed E-state index contributed by atoms with van der Waals surface area (Å²) in [5.41, 5.74) is 0.561. The van der Waals surface area contributed by atoms with E-state index in [0.717, 1.165) is 18.9 Å². The topological polar surface area (TPSA) is 78.4 Å². The van der Waals surface area contributed by atoms with Crippen LogP contribution in [0.15, 0.2) is 47.0 Å². The van der Waals surface area contributed by atoms with E-state index in [1.165, 1.54) is 4.88 Å². The number of aliphatic imine (C=N–C) groups is 1.